The molecular weight excluding hydrogens is 349 g/mol. The fourth-order valence-electron chi connectivity index (χ4n) is 3.04. The first-order chi connectivity index (χ1) is 12.3. The van der Waals surface area contributed by atoms with Crippen molar-refractivity contribution in [2.24, 2.45) is 0 Å². The molecule has 0 aromatic carbocycles. The molecule has 0 spiro atoms. The lowest BCUT2D eigenvalue weighted by Gasteiger charge is -2.35. The maximum Gasteiger partial charge on any atom is 0.418 e. The molecule has 6 nitrogen and oxygen atoms in total. The van der Waals surface area contributed by atoms with Gasteiger partial charge in [-0.2, -0.15) is 13.2 Å². The smallest absolute Gasteiger partial charge is 0.361 e. The Morgan fingerprint density at radius 2 is 1.92 bits per heavy atom. The molecule has 1 aliphatic rings. The maximum absolute atomic E-state index is 13.1. The second kappa shape index (κ2) is 7.06. The van der Waals surface area contributed by atoms with Crippen LogP contribution in [-0.2, 0) is 12.7 Å². The second-order valence-corrected chi connectivity index (χ2v) is 6.29. The van der Waals surface area contributed by atoms with E-state index in [0.29, 0.717) is 38.9 Å². The van der Waals surface area contributed by atoms with Crippen molar-refractivity contribution in [3.05, 3.63) is 46.6 Å². The molecule has 1 fully saturated rings. The second-order valence-electron chi connectivity index (χ2n) is 6.29. The van der Waals surface area contributed by atoms with Gasteiger partial charge in [0, 0.05) is 50.7 Å². The number of hydrogen-bond donors (Lipinski definition) is 0. The SMILES string of the molecule is Cc1noc(C)c1CN1CCN(C(=O)c2ccncc2C(F)(F)F)CC1. The van der Waals surface area contributed by atoms with Crippen molar-refractivity contribution in [1.29, 1.82) is 0 Å². The Morgan fingerprint density at radius 3 is 2.50 bits per heavy atom. The van der Waals surface area contributed by atoms with Crippen molar-refractivity contribution in [2.45, 2.75) is 26.6 Å². The molecule has 140 valence electrons. The zero-order valence-corrected chi connectivity index (χ0v) is 14.5. The van der Waals surface area contributed by atoms with Crippen LogP contribution in [0.15, 0.2) is 23.0 Å². The van der Waals surface area contributed by atoms with Gasteiger partial charge in [-0.3, -0.25) is 14.7 Å². The minimum Gasteiger partial charge on any atom is -0.361 e. The fraction of sp³-hybridized carbons (Fsp3) is 0.471. The van der Waals surface area contributed by atoms with Gasteiger partial charge in [-0.15, -0.1) is 0 Å². The van der Waals surface area contributed by atoms with Gasteiger partial charge in [0.05, 0.1) is 16.8 Å². The van der Waals surface area contributed by atoms with E-state index in [1.165, 1.54) is 11.1 Å². The van der Waals surface area contributed by atoms with Gasteiger partial charge in [-0.25, -0.2) is 0 Å². The largest absolute Gasteiger partial charge is 0.418 e. The third-order valence-corrected chi connectivity index (χ3v) is 4.58. The molecule has 26 heavy (non-hydrogen) atoms. The molecule has 9 heteroatoms. The van der Waals surface area contributed by atoms with Crippen LogP contribution in [0.2, 0.25) is 0 Å². The van der Waals surface area contributed by atoms with E-state index in [0.717, 1.165) is 23.1 Å². The van der Waals surface area contributed by atoms with E-state index < -0.39 is 17.6 Å². The van der Waals surface area contributed by atoms with Gasteiger partial charge in [0.15, 0.2) is 0 Å². The predicted molar refractivity (Wildman–Crippen MR) is 86.4 cm³/mol. The lowest BCUT2D eigenvalue weighted by atomic mass is 10.1. The highest BCUT2D eigenvalue weighted by Gasteiger charge is 2.37. The molecule has 0 atom stereocenters. The number of alkyl halides is 3. The highest BCUT2D eigenvalue weighted by atomic mass is 19.4. The van der Waals surface area contributed by atoms with Gasteiger partial charge in [-0.05, 0) is 19.9 Å². The fourth-order valence-corrected chi connectivity index (χ4v) is 3.04. The van der Waals surface area contributed by atoms with Crippen LogP contribution in [0.3, 0.4) is 0 Å². The molecule has 3 heterocycles. The minimum atomic E-state index is -4.61. The van der Waals surface area contributed by atoms with Crippen LogP contribution in [0.1, 0.15) is 32.9 Å². The standard InChI is InChI=1S/C17H19F3N4O2/c1-11-14(12(2)26-22-11)10-23-5-7-24(8-6-23)16(25)13-3-4-21-9-15(13)17(18,19)20/h3-4,9H,5-8,10H2,1-2H3. The summed E-state index contributed by atoms with van der Waals surface area (Å²) in [6, 6.07) is 1.13. The van der Waals surface area contributed by atoms with Crippen LogP contribution in [0.5, 0.6) is 0 Å². The van der Waals surface area contributed by atoms with E-state index >= 15 is 0 Å². The molecule has 0 N–H and O–H groups in total. The Balaban J connectivity index is 1.66. The summed E-state index contributed by atoms with van der Waals surface area (Å²) >= 11 is 0. The number of piperazine rings is 1. The van der Waals surface area contributed by atoms with Gasteiger partial charge < -0.3 is 9.42 Å². The molecule has 2 aromatic heterocycles. The average molecular weight is 368 g/mol. The Hall–Kier alpha value is -2.42. The Morgan fingerprint density at radius 1 is 1.23 bits per heavy atom. The van der Waals surface area contributed by atoms with Gasteiger partial charge >= 0.3 is 6.18 Å². The number of carbonyl (C=O) groups is 1. The molecule has 0 saturated carbocycles. The Bertz CT molecular complexity index is 776. The Labute approximate surface area is 148 Å². The normalized spacial score (nSPS) is 16.1. The summed E-state index contributed by atoms with van der Waals surface area (Å²) in [5, 5.41) is 3.92. The van der Waals surface area contributed by atoms with E-state index in [4.69, 9.17) is 4.52 Å². The average Bonchev–Trinajstić information content (AvgIpc) is 2.93. The number of aromatic nitrogens is 2. The molecule has 0 radical (unpaired) electrons. The van der Waals surface area contributed by atoms with E-state index in [9.17, 15) is 18.0 Å². The molecule has 1 aliphatic heterocycles. The number of halogens is 3. The zero-order chi connectivity index (χ0) is 18.9. The molecule has 0 unspecified atom stereocenters. The topological polar surface area (TPSA) is 62.5 Å². The van der Waals surface area contributed by atoms with Crippen LogP contribution in [0, 0.1) is 13.8 Å². The molecule has 1 amide bonds. The molecule has 0 aliphatic carbocycles. The summed E-state index contributed by atoms with van der Waals surface area (Å²) in [5.41, 5.74) is 0.487. The lowest BCUT2D eigenvalue weighted by Crippen LogP contribution is -2.48. The first-order valence-corrected chi connectivity index (χ1v) is 8.22. The Kier molecular flexibility index (Phi) is 4.99. The van der Waals surface area contributed by atoms with Gasteiger partial charge in [0.2, 0.25) is 0 Å². The summed E-state index contributed by atoms with van der Waals surface area (Å²) in [7, 11) is 0. The number of aryl methyl sites for hydroxylation is 2. The molecule has 2 aromatic rings. The van der Waals surface area contributed by atoms with Crippen molar-refractivity contribution >= 4 is 5.91 Å². The number of carbonyl (C=O) groups excluding carboxylic acids is 1. The summed E-state index contributed by atoms with van der Waals surface area (Å²) in [6.45, 7) is 6.23. The van der Waals surface area contributed by atoms with Crippen molar-refractivity contribution in [1.82, 2.24) is 19.9 Å². The quantitative estimate of drug-likeness (QED) is 0.834. The predicted octanol–water partition coefficient (Wildman–Crippen LogP) is 2.66. The van der Waals surface area contributed by atoms with Crippen molar-refractivity contribution in [3.63, 3.8) is 0 Å². The van der Waals surface area contributed by atoms with E-state index in [1.807, 2.05) is 13.8 Å². The van der Waals surface area contributed by atoms with Crippen LogP contribution in [0.25, 0.3) is 0 Å². The summed E-state index contributed by atoms with van der Waals surface area (Å²) < 4.78 is 44.4. The molecule has 0 bridgehead atoms. The highest BCUT2D eigenvalue weighted by molar-refractivity contribution is 5.95. The lowest BCUT2D eigenvalue weighted by molar-refractivity contribution is -0.138. The third-order valence-electron chi connectivity index (χ3n) is 4.58. The van der Waals surface area contributed by atoms with Gasteiger partial charge in [0.25, 0.3) is 5.91 Å². The van der Waals surface area contributed by atoms with Crippen molar-refractivity contribution in [3.8, 4) is 0 Å². The van der Waals surface area contributed by atoms with Crippen LogP contribution >= 0.6 is 0 Å². The molecule has 1 saturated heterocycles. The number of rotatable bonds is 3. The van der Waals surface area contributed by atoms with E-state index in [1.54, 1.807) is 0 Å². The highest BCUT2D eigenvalue weighted by Crippen LogP contribution is 2.32. The van der Waals surface area contributed by atoms with Gasteiger partial charge in [0.1, 0.15) is 5.76 Å². The monoisotopic (exact) mass is 368 g/mol. The number of pyridine rings is 1. The molecule has 3 rings (SSSR count). The van der Waals surface area contributed by atoms with Crippen molar-refractivity contribution in [2.75, 3.05) is 26.2 Å². The maximum atomic E-state index is 13.1. The summed E-state index contributed by atoms with van der Waals surface area (Å²) in [4.78, 5) is 19.6. The minimum absolute atomic E-state index is 0.355. The van der Waals surface area contributed by atoms with Crippen LogP contribution < -0.4 is 0 Å². The number of hydrogen-bond acceptors (Lipinski definition) is 5. The number of amides is 1. The van der Waals surface area contributed by atoms with Crippen molar-refractivity contribution < 1.29 is 22.5 Å². The van der Waals surface area contributed by atoms with E-state index in [2.05, 4.69) is 15.0 Å². The first-order valence-electron chi connectivity index (χ1n) is 8.22. The number of nitrogens with zero attached hydrogens (tertiary/aromatic N) is 4. The summed E-state index contributed by atoms with van der Waals surface area (Å²) in [5.74, 6) is 0.143. The zero-order valence-electron chi connectivity index (χ0n) is 14.5. The van der Waals surface area contributed by atoms with Gasteiger partial charge in [-0.1, -0.05) is 5.16 Å². The van der Waals surface area contributed by atoms with Crippen LogP contribution in [-0.4, -0.2) is 52.0 Å². The van der Waals surface area contributed by atoms with Crippen LogP contribution in [0.4, 0.5) is 13.2 Å². The third kappa shape index (κ3) is 3.72. The first kappa shape index (κ1) is 18.4. The summed E-state index contributed by atoms with van der Waals surface area (Å²) in [6.07, 6.45) is -2.71. The molecular formula is C17H19F3N4O2. The van der Waals surface area contributed by atoms with E-state index in [-0.39, 0.29) is 5.56 Å².